The third kappa shape index (κ3) is 8.50. The number of alkyl halides is 2. The lowest BCUT2D eigenvalue weighted by molar-refractivity contribution is -0.0504. The van der Waals surface area contributed by atoms with Gasteiger partial charge in [0.05, 0.1) is 13.7 Å². The summed E-state index contributed by atoms with van der Waals surface area (Å²) in [5, 5.41) is 9.67. The first kappa shape index (κ1) is 23.2. The molecule has 1 aromatic carbocycles. The number of rotatable bonds is 12. The van der Waals surface area contributed by atoms with Gasteiger partial charge in [-0.2, -0.15) is 8.78 Å². The number of nitrogens with one attached hydrogen (secondary N) is 3. The summed E-state index contributed by atoms with van der Waals surface area (Å²) in [4.78, 5) is 8.70. The van der Waals surface area contributed by atoms with Crippen LogP contribution in [0.3, 0.4) is 0 Å². The second-order valence-corrected chi connectivity index (χ2v) is 6.32. The van der Waals surface area contributed by atoms with Crippen LogP contribution in [-0.4, -0.2) is 44.3 Å². The number of hydrogen-bond acceptors (Lipinski definition) is 5. The zero-order valence-electron chi connectivity index (χ0n) is 17.3. The Morgan fingerprint density at radius 2 is 1.97 bits per heavy atom. The van der Waals surface area contributed by atoms with Crippen LogP contribution in [0.15, 0.2) is 47.6 Å². The number of aromatic nitrogens is 1. The Morgan fingerprint density at radius 3 is 2.67 bits per heavy atom. The minimum Gasteiger partial charge on any atom is -0.497 e. The van der Waals surface area contributed by atoms with Gasteiger partial charge in [0.2, 0.25) is 0 Å². The number of halogens is 2. The Morgan fingerprint density at radius 1 is 1.13 bits per heavy atom. The van der Waals surface area contributed by atoms with Crippen molar-refractivity contribution in [3.05, 3.63) is 48.2 Å². The molecule has 0 aliphatic heterocycles. The molecule has 0 aliphatic rings. The van der Waals surface area contributed by atoms with Gasteiger partial charge < -0.3 is 25.4 Å². The predicted octanol–water partition coefficient (Wildman–Crippen LogP) is 3.64. The molecule has 1 aromatic heterocycles. The Hall–Kier alpha value is -3.10. The fourth-order valence-electron chi connectivity index (χ4n) is 2.66. The van der Waals surface area contributed by atoms with Gasteiger partial charge in [0, 0.05) is 31.4 Å². The SMILES string of the molecule is CCNC(=NCc1cc(OC)ccc1OC(F)F)NCCCCNc1ccccn1. The molecular formula is C21H29F2N5O2. The highest BCUT2D eigenvalue weighted by molar-refractivity contribution is 5.79. The zero-order chi connectivity index (χ0) is 21.6. The maximum Gasteiger partial charge on any atom is 0.387 e. The number of ether oxygens (including phenoxy) is 2. The number of nitrogens with zero attached hydrogens (tertiary/aromatic N) is 2. The van der Waals surface area contributed by atoms with Gasteiger partial charge in [-0.05, 0) is 50.1 Å². The second-order valence-electron chi connectivity index (χ2n) is 6.32. The molecule has 0 saturated carbocycles. The lowest BCUT2D eigenvalue weighted by Crippen LogP contribution is -2.37. The number of aliphatic imine (C=N–C) groups is 1. The summed E-state index contributed by atoms with van der Waals surface area (Å²) in [5.41, 5.74) is 0.520. The lowest BCUT2D eigenvalue weighted by Gasteiger charge is -2.13. The zero-order valence-corrected chi connectivity index (χ0v) is 17.3. The Balaban J connectivity index is 1.84. The molecule has 2 rings (SSSR count). The van der Waals surface area contributed by atoms with Crippen molar-refractivity contribution in [3.8, 4) is 11.5 Å². The molecule has 0 spiro atoms. The molecule has 7 nitrogen and oxygen atoms in total. The molecular weight excluding hydrogens is 392 g/mol. The summed E-state index contributed by atoms with van der Waals surface area (Å²) in [6.07, 6.45) is 3.65. The van der Waals surface area contributed by atoms with Gasteiger partial charge in [-0.3, -0.25) is 0 Å². The van der Waals surface area contributed by atoms with E-state index in [0.29, 0.717) is 23.8 Å². The average molecular weight is 421 g/mol. The van der Waals surface area contributed by atoms with Gasteiger partial charge in [0.15, 0.2) is 5.96 Å². The van der Waals surface area contributed by atoms with Crippen molar-refractivity contribution in [2.75, 3.05) is 32.1 Å². The van der Waals surface area contributed by atoms with E-state index in [2.05, 4.69) is 30.7 Å². The molecule has 3 N–H and O–H groups in total. The molecule has 1 heterocycles. The predicted molar refractivity (Wildman–Crippen MR) is 114 cm³/mol. The van der Waals surface area contributed by atoms with Gasteiger partial charge in [-0.15, -0.1) is 0 Å². The first-order valence-electron chi connectivity index (χ1n) is 9.91. The molecule has 0 amide bonds. The molecule has 9 heteroatoms. The number of methoxy groups -OCH3 is 1. The van der Waals surface area contributed by atoms with Crippen LogP contribution >= 0.6 is 0 Å². The van der Waals surface area contributed by atoms with E-state index in [1.165, 1.54) is 13.2 Å². The topological polar surface area (TPSA) is 79.8 Å². The quantitative estimate of drug-likeness (QED) is 0.276. The van der Waals surface area contributed by atoms with Gasteiger partial charge in [-0.1, -0.05) is 6.07 Å². The van der Waals surface area contributed by atoms with Crippen LogP contribution in [0.1, 0.15) is 25.3 Å². The fraction of sp³-hybridized carbons (Fsp3) is 0.429. The van der Waals surface area contributed by atoms with Crippen LogP contribution in [0, 0.1) is 0 Å². The maximum atomic E-state index is 12.7. The summed E-state index contributed by atoms with van der Waals surface area (Å²) in [5.74, 6) is 2.12. The highest BCUT2D eigenvalue weighted by Crippen LogP contribution is 2.26. The molecule has 0 aliphatic carbocycles. The average Bonchev–Trinajstić information content (AvgIpc) is 2.75. The van der Waals surface area contributed by atoms with E-state index in [1.54, 1.807) is 18.3 Å². The van der Waals surface area contributed by atoms with E-state index in [1.807, 2.05) is 25.1 Å². The standard InChI is InChI=1S/C21H29F2N5O2/c1-3-24-21(27-13-7-6-12-26-19-8-4-5-11-25-19)28-15-16-14-17(29-2)9-10-18(16)30-20(22)23/h4-5,8-11,14,20H,3,6-7,12-13,15H2,1-2H3,(H,25,26)(H2,24,27,28). The van der Waals surface area contributed by atoms with Crippen molar-refractivity contribution in [2.24, 2.45) is 4.99 Å². The number of unbranched alkanes of at least 4 members (excludes halogenated alkanes) is 1. The van der Waals surface area contributed by atoms with Crippen molar-refractivity contribution in [1.29, 1.82) is 0 Å². The molecule has 164 valence electrons. The van der Waals surface area contributed by atoms with Gasteiger partial charge >= 0.3 is 6.61 Å². The molecule has 0 bridgehead atoms. The van der Waals surface area contributed by atoms with Crippen molar-refractivity contribution in [3.63, 3.8) is 0 Å². The van der Waals surface area contributed by atoms with Crippen LogP contribution in [0.2, 0.25) is 0 Å². The highest BCUT2D eigenvalue weighted by atomic mass is 19.3. The van der Waals surface area contributed by atoms with Crippen LogP contribution in [0.4, 0.5) is 14.6 Å². The van der Waals surface area contributed by atoms with E-state index >= 15 is 0 Å². The summed E-state index contributed by atoms with van der Waals surface area (Å²) < 4.78 is 35.1. The van der Waals surface area contributed by atoms with Crippen LogP contribution in [-0.2, 0) is 6.54 Å². The van der Waals surface area contributed by atoms with Crippen LogP contribution < -0.4 is 25.4 Å². The third-order valence-corrected chi connectivity index (χ3v) is 4.10. The van der Waals surface area contributed by atoms with Crippen LogP contribution in [0.5, 0.6) is 11.5 Å². The third-order valence-electron chi connectivity index (χ3n) is 4.10. The Labute approximate surface area is 175 Å². The minimum atomic E-state index is -2.90. The molecule has 30 heavy (non-hydrogen) atoms. The van der Waals surface area contributed by atoms with E-state index in [4.69, 9.17) is 4.74 Å². The van der Waals surface area contributed by atoms with E-state index in [-0.39, 0.29) is 12.3 Å². The molecule has 0 radical (unpaired) electrons. The largest absolute Gasteiger partial charge is 0.497 e. The second kappa shape index (κ2) is 13.2. The number of benzene rings is 1. The van der Waals surface area contributed by atoms with Crippen molar-refractivity contribution < 1.29 is 18.3 Å². The molecule has 0 unspecified atom stereocenters. The van der Waals surface area contributed by atoms with Crippen molar-refractivity contribution in [1.82, 2.24) is 15.6 Å². The molecule has 0 atom stereocenters. The highest BCUT2D eigenvalue weighted by Gasteiger charge is 2.11. The molecule has 2 aromatic rings. The van der Waals surface area contributed by atoms with E-state index < -0.39 is 6.61 Å². The van der Waals surface area contributed by atoms with E-state index in [9.17, 15) is 8.78 Å². The van der Waals surface area contributed by atoms with Gasteiger partial charge in [0.25, 0.3) is 0 Å². The monoisotopic (exact) mass is 421 g/mol. The first-order chi connectivity index (χ1) is 14.6. The maximum absolute atomic E-state index is 12.7. The van der Waals surface area contributed by atoms with Gasteiger partial charge in [0.1, 0.15) is 17.3 Å². The Kier molecular flexibility index (Phi) is 10.2. The smallest absolute Gasteiger partial charge is 0.387 e. The summed E-state index contributed by atoms with van der Waals surface area (Å²) in [6, 6.07) is 10.4. The van der Waals surface area contributed by atoms with Crippen molar-refractivity contribution >= 4 is 11.8 Å². The van der Waals surface area contributed by atoms with Gasteiger partial charge in [-0.25, -0.2) is 9.98 Å². The number of guanidine groups is 1. The fourth-order valence-corrected chi connectivity index (χ4v) is 2.66. The molecule has 0 fully saturated rings. The summed E-state index contributed by atoms with van der Waals surface area (Å²) in [7, 11) is 1.52. The summed E-state index contributed by atoms with van der Waals surface area (Å²) in [6.45, 7) is 1.48. The Bertz CT molecular complexity index is 775. The normalized spacial score (nSPS) is 11.3. The summed E-state index contributed by atoms with van der Waals surface area (Å²) >= 11 is 0. The number of hydrogen-bond donors (Lipinski definition) is 3. The number of pyridine rings is 1. The minimum absolute atomic E-state index is 0.0889. The van der Waals surface area contributed by atoms with Crippen molar-refractivity contribution in [2.45, 2.75) is 32.9 Å². The van der Waals surface area contributed by atoms with Crippen LogP contribution in [0.25, 0.3) is 0 Å². The number of anilines is 1. The van der Waals surface area contributed by atoms with E-state index in [0.717, 1.165) is 31.7 Å². The first-order valence-corrected chi connectivity index (χ1v) is 9.91. The lowest BCUT2D eigenvalue weighted by atomic mass is 10.2. The molecule has 0 saturated heterocycles.